The number of carbonyl (C=O) groups is 1. The molecule has 1 aliphatic heterocycles. The standard InChI is InChI=1S/C17H13Cl2N3O4S/c18-12-6-13(19)8-14(7-12)26-15-2-1-11(9-20)5-16(15)27(24,25)22-4-3-21-17(23)10-22/h1-2,5-8H,3-4,10H2,(H,21,23)/i4D2,6D,7D,8D. The van der Waals surface area contributed by atoms with Gasteiger partial charge in [0.1, 0.15) is 16.4 Å². The highest BCUT2D eigenvalue weighted by molar-refractivity contribution is 7.89. The van der Waals surface area contributed by atoms with Crippen LogP contribution in [0.15, 0.2) is 41.2 Å². The molecule has 0 atom stereocenters. The lowest BCUT2D eigenvalue weighted by Crippen LogP contribution is -2.49. The largest absolute Gasteiger partial charge is 0.456 e. The molecule has 0 unspecified atom stereocenters. The summed E-state index contributed by atoms with van der Waals surface area (Å²) in [5.41, 5.74) is -0.104. The van der Waals surface area contributed by atoms with E-state index in [1.807, 2.05) is 0 Å². The van der Waals surface area contributed by atoms with Crippen LogP contribution in [-0.2, 0) is 14.8 Å². The van der Waals surface area contributed by atoms with E-state index in [0.29, 0.717) is 4.31 Å². The van der Waals surface area contributed by atoms with E-state index in [0.717, 1.165) is 12.1 Å². The predicted octanol–water partition coefficient (Wildman–Crippen LogP) is 2.78. The summed E-state index contributed by atoms with van der Waals surface area (Å²) in [5, 5.41) is 10.6. The molecule has 0 aliphatic carbocycles. The summed E-state index contributed by atoms with van der Waals surface area (Å²) in [6.07, 6.45) is 0. The monoisotopic (exact) mass is 430 g/mol. The Labute approximate surface area is 173 Å². The molecule has 10 heteroatoms. The summed E-state index contributed by atoms with van der Waals surface area (Å²) in [7, 11) is -4.74. The molecule has 0 radical (unpaired) electrons. The first-order valence-corrected chi connectivity index (χ1v) is 9.47. The van der Waals surface area contributed by atoms with Gasteiger partial charge in [-0.3, -0.25) is 4.79 Å². The highest BCUT2D eigenvalue weighted by Gasteiger charge is 2.32. The molecular formula is C17H13Cl2N3O4S. The van der Waals surface area contributed by atoms with Crippen LogP contribution in [0.4, 0.5) is 0 Å². The Hall–Kier alpha value is -2.31. The lowest BCUT2D eigenvalue weighted by atomic mass is 10.2. The molecule has 0 saturated carbocycles. The predicted molar refractivity (Wildman–Crippen MR) is 99.5 cm³/mol. The van der Waals surface area contributed by atoms with Crippen molar-refractivity contribution in [3.8, 4) is 17.6 Å². The second kappa shape index (κ2) is 7.74. The Morgan fingerprint density at radius 1 is 1.30 bits per heavy atom. The zero-order valence-electron chi connectivity index (χ0n) is 18.3. The first-order chi connectivity index (χ1) is 14.8. The number of halogens is 2. The van der Waals surface area contributed by atoms with Gasteiger partial charge in [-0.05, 0) is 36.3 Å². The van der Waals surface area contributed by atoms with Crippen molar-refractivity contribution in [2.75, 3.05) is 19.6 Å². The second-order valence-corrected chi connectivity index (χ2v) is 7.74. The number of rotatable bonds is 4. The van der Waals surface area contributed by atoms with Crippen molar-refractivity contribution < 1.29 is 24.8 Å². The number of hydrogen-bond donors (Lipinski definition) is 1. The van der Waals surface area contributed by atoms with Gasteiger partial charge in [0, 0.05) is 25.8 Å². The molecule has 2 aromatic rings. The van der Waals surface area contributed by atoms with E-state index in [1.54, 1.807) is 6.07 Å². The molecule has 1 amide bonds. The van der Waals surface area contributed by atoms with Crippen molar-refractivity contribution in [3.63, 3.8) is 0 Å². The number of piperazine rings is 1. The fraction of sp³-hybridized carbons (Fsp3) is 0.176. The van der Waals surface area contributed by atoms with E-state index in [9.17, 15) is 18.5 Å². The number of nitrogens with one attached hydrogen (secondary N) is 1. The van der Waals surface area contributed by atoms with Crippen LogP contribution < -0.4 is 10.1 Å². The van der Waals surface area contributed by atoms with Crippen molar-refractivity contribution in [1.29, 1.82) is 5.26 Å². The number of nitrogens with zero attached hydrogens (tertiary/aromatic N) is 2. The SMILES string of the molecule is [2H]c1c(Cl)c([2H])c(Oc2ccc(C#N)cc2S(=O)(=O)N2CC(=O)NCC2([2H])[2H])c([2H])c1Cl. The Bertz CT molecular complexity index is 1250. The van der Waals surface area contributed by atoms with Crippen LogP contribution in [0.2, 0.25) is 10.0 Å². The maximum absolute atomic E-state index is 13.3. The van der Waals surface area contributed by atoms with E-state index >= 15 is 0 Å². The van der Waals surface area contributed by atoms with Crippen molar-refractivity contribution in [1.82, 2.24) is 9.62 Å². The third-order valence-corrected chi connectivity index (χ3v) is 5.44. The molecule has 0 spiro atoms. The summed E-state index contributed by atoms with van der Waals surface area (Å²) in [6, 6.07) is 3.31. The highest BCUT2D eigenvalue weighted by Crippen LogP contribution is 2.34. The molecule has 1 aliphatic rings. The molecule has 3 rings (SSSR count). The van der Waals surface area contributed by atoms with Gasteiger partial charge in [0.15, 0.2) is 0 Å². The first-order valence-electron chi connectivity index (χ1n) is 9.77. The number of nitriles is 1. The average molecular weight is 431 g/mol. The lowest BCUT2D eigenvalue weighted by Gasteiger charge is -2.26. The van der Waals surface area contributed by atoms with Gasteiger partial charge in [-0.2, -0.15) is 9.57 Å². The Morgan fingerprint density at radius 3 is 2.67 bits per heavy atom. The van der Waals surface area contributed by atoms with Crippen LogP contribution in [-0.4, -0.2) is 38.2 Å². The maximum atomic E-state index is 13.3. The minimum Gasteiger partial charge on any atom is -0.456 e. The third-order valence-electron chi connectivity index (χ3n) is 3.35. The molecule has 0 aromatic heterocycles. The normalized spacial score (nSPS) is 19.6. The highest BCUT2D eigenvalue weighted by atomic mass is 35.5. The van der Waals surface area contributed by atoms with Crippen molar-refractivity contribution >= 4 is 39.1 Å². The van der Waals surface area contributed by atoms with Gasteiger partial charge < -0.3 is 10.1 Å². The smallest absolute Gasteiger partial charge is 0.247 e. The second-order valence-electron chi connectivity index (χ2n) is 5.15. The minimum atomic E-state index is -4.74. The Balaban J connectivity index is 2.20. The molecule has 27 heavy (non-hydrogen) atoms. The van der Waals surface area contributed by atoms with Crippen LogP contribution in [0, 0.1) is 11.3 Å². The lowest BCUT2D eigenvalue weighted by molar-refractivity contribution is -0.122. The summed E-state index contributed by atoms with van der Waals surface area (Å²) < 4.78 is 72.2. The van der Waals surface area contributed by atoms with Crippen LogP contribution >= 0.6 is 23.2 Å². The first kappa shape index (κ1) is 13.8. The third kappa shape index (κ3) is 4.34. The number of sulfonamides is 1. The maximum Gasteiger partial charge on any atom is 0.247 e. The van der Waals surface area contributed by atoms with Crippen LogP contribution in [0.5, 0.6) is 11.5 Å². The minimum absolute atomic E-state index is 0.104. The van der Waals surface area contributed by atoms with E-state index in [-0.39, 0.29) is 5.56 Å². The van der Waals surface area contributed by atoms with Gasteiger partial charge in [0.05, 0.1) is 22.3 Å². The Morgan fingerprint density at radius 2 is 2.00 bits per heavy atom. The van der Waals surface area contributed by atoms with Gasteiger partial charge in [-0.1, -0.05) is 23.2 Å². The fourth-order valence-electron chi connectivity index (χ4n) is 2.17. The number of hydrogen-bond acceptors (Lipinski definition) is 5. The van der Waals surface area contributed by atoms with E-state index in [1.165, 1.54) is 6.07 Å². The van der Waals surface area contributed by atoms with E-state index < -0.39 is 80.1 Å². The van der Waals surface area contributed by atoms with Gasteiger partial charge in [-0.25, -0.2) is 8.42 Å². The van der Waals surface area contributed by atoms with Crippen molar-refractivity contribution in [3.05, 3.63) is 51.9 Å². The van der Waals surface area contributed by atoms with Crippen LogP contribution in [0.1, 0.15) is 12.4 Å². The summed E-state index contributed by atoms with van der Waals surface area (Å²) >= 11 is 11.8. The van der Waals surface area contributed by atoms with Gasteiger partial charge >= 0.3 is 0 Å². The molecule has 7 nitrogen and oxygen atoms in total. The number of carbonyl (C=O) groups excluding carboxylic acids is 1. The van der Waals surface area contributed by atoms with Crippen molar-refractivity contribution in [2.24, 2.45) is 0 Å². The number of amides is 1. The van der Waals surface area contributed by atoms with Crippen molar-refractivity contribution in [2.45, 2.75) is 4.90 Å². The van der Waals surface area contributed by atoms with Gasteiger partial charge in [-0.15, -0.1) is 0 Å². The summed E-state index contributed by atoms with van der Waals surface area (Å²) in [6.45, 7) is -3.89. The number of ether oxygens (including phenoxy) is 1. The summed E-state index contributed by atoms with van der Waals surface area (Å²) in [4.78, 5) is 11.1. The Kier molecular flexibility index (Phi) is 3.96. The molecular weight excluding hydrogens is 413 g/mol. The molecule has 1 N–H and O–H groups in total. The van der Waals surface area contributed by atoms with Crippen LogP contribution in [0.25, 0.3) is 0 Å². The molecule has 2 aromatic carbocycles. The fourth-order valence-corrected chi connectivity index (χ4v) is 3.98. The zero-order chi connectivity index (χ0) is 24.0. The van der Waals surface area contributed by atoms with Crippen LogP contribution in [0.3, 0.4) is 0 Å². The van der Waals surface area contributed by atoms with E-state index in [2.05, 4.69) is 5.32 Å². The number of benzene rings is 2. The van der Waals surface area contributed by atoms with E-state index in [4.69, 9.17) is 34.8 Å². The average Bonchev–Trinajstić information content (AvgIpc) is 2.75. The van der Waals surface area contributed by atoms with Gasteiger partial charge in [0.25, 0.3) is 0 Å². The quantitative estimate of drug-likeness (QED) is 0.803. The molecule has 1 saturated heterocycles. The molecule has 1 heterocycles. The molecule has 1 fully saturated rings. The van der Waals surface area contributed by atoms with Gasteiger partial charge in [0.2, 0.25) is 15.9 Å². The zero-order valence-corrected chi connectivity index (χ0v) is 15.7. The summed E-state index contributed by atoms with van der Waals surface area (Å²) in [5.74, 6) is -1.73. The topological polar surface area (TPSA) is 99.5 Å². The molecule has 0 bridgehead atoms. The molecule has 140 valence electrons.